The van der Waals surface area contributed by atoms with Gasteiger partial charge in [-0.3, -0.25) is 0 Å². The smallest absolute Gasteiger partial charge is 0.244 e. The summed E-state index contributed by atoms with van der Waals surface area (Å²) in [7, 11) is 0. The van der Waals surface area contributed by atoms with Gasteiger partial charge in [0.2, 0.25) is 18.5 Å². The van der Waals surface area contributed by atoms with Gasteiger partial charge in [-0.15, -0.1) is 0 Å². The maximum atomic E-state index is 10.5. The van der Waals surface area contributed by atoms with Crippen LogP contribution in [0.15, 0.2) is 53.1 Å². The number of benzene rings is 2. The Kier molecular flexibility index (Phi) is 6.30. The molecule has 2 N–H and O–H groups in total. The Labute approximate surface area is 176 Å². The second-order valence-electron chi connectivity index (χ2n) is 7.64. The zero-order valence-corrected chi connectivity index (χ0v) is 17.2. The molecule has 7 nitrogen and oxygen atoms in total. The molecule has 1 aliphatic heterocycles. The molecular weight excluding hydrogens is 382 g/mol. The molecule has 0 bridgehead atoms. The number of rotatable bonds is 9. The van der Waals surface area contributed by atoms with Crippen LogP contribution in [0.25, 0.3) is 11.4 Å². The fraction of sp³-hybridized carbons (Fsp3) is 0.391. The Hall–Kier alpha value is -2.90. The first-order valence-corrected chi connectivity index (χ1v) is 10.3. The van der Waals surface area contributed by atoms with Crippen LogP contribution in [0.4, 0.5) is 0 Å². The lowest BCUT2D eigenvalue weighted by atomic mass is 9.98. The zero-order valence-electron chi connectivity index (χ0n) is 17.2. The quantitative estimate of drug-likeness (QED) is 0.556. The van der Waals surface area contributed by atoms with Crippen molar-refractivity contribution in [2.24, 2.45) is 5.92 Å². The molecule has 2 heterocycles. The predicted octanol–water partition coefficient (Wildman–Crippen LogP) is 3.75. The number of hydrogen-bond donors (Lipinski definition) is 2. The lowest BCUT2D eigenvalue weighted by molar-refractivity contribution is 0.156. The molecule has 7 heteroatoms. The Morgan fingerprint density at radius 2 is 1.90 bits per heavy atom. The van der Waals surface area contributed by atoms with E-state index < -0.39 is 6.10 Å². The van der Waals surface area contributed by atoms with Crippen molar-refractivity contribution < 1.29 is 19.1 Å². The van der Waals surface area contributed by atoms with Crippen LogP contribution < -0.4 is 14.8 Å². The Balaban J connectivity index is 1.45. The van der Waals surface area contributed by atoms with E-state index in [1.807, 2.05) is 48.5 Å². The number of nitrogens with one attached hydrogen (secondary N) is 1. The van der Waals surface area contributed by atoms with Crippen LogP contribution in [0.3, 0.4) is 0 Å². The standard InChI is InChI=1S/C23H27N3O4/c1-3-15(2)21(24-13-18(27)11-16-7-5-4-6-8-16)23-25-22(26-30-23)17-9-10-19-20(12-17)29-14-28-19/h4-10,12,15,18,21,24,27H,3,11,13-14H2,1-2H3. The minimum atomic E-state index is -0.504. The second kappa shape index (κ2) is 9.28. The number of aliphatic hydroxyl groups is 1. The number of fused-ring (bicyclic) bond motifs is 1. The molecule has 0 amide bonds. The van der Waals surface area contributed by atoms with Crippen LogP contribution >= 0.6 is 0 Å². The molecule has 0 fully saturated rings. The summed E-state index contributed by atoms with van der Waals surface area (Å²) in [5, 5.41) is 18.1. The SMILES string of the molecule is CCC(C)C(NCC(O)Cc1ccccc1)c1nc(-c2ccc3c(c2)OCO3)no1. The molecule has 30 heavy (non-hydrogen) atoms. The van der Waals surface area contributed by atoms with Gasteiger partial charge >= 0.3 is 0 Å². The number of nitrogens with zero attached hydrogens (tertiary/aromatic N) is 2. The summed E-state index contributed by atoms with van der Waals surface area (Å²) < 4.78 is 16.4. The highest BCUT2D eigenvalue weighted by Crippen LogP contribution is 2.35. The van der Waals surface area contributed by atoms with E-state index in [1.165, 1.54) is 0 Å². The first-order valence-electron chi connectivity index (χ1n) is 10.3. The topological polar surface area (TPSA) is 89.6 Å². The van der Waals surface area contributed by atoms with Crippen LogP contribution in [-0.2, 0) is 6.42 Å². The van der Waals surface area contributed by atoms with Crippen LogP contribution in [0.5, 0.6) is 11.5 Å². The van der Waals surface area contributed by atoms with Gasteiger partial charge in [-0.25, -0.2) is 0 Å². The maximum Gasteiger partial charge on any atom is 0.244 e. The van der Waals surface area contributed by atoms with E-state index >= 15 is 0 Å². The van der Waals surface area contributed by atoms with Crippen LogP contribution in [0.2, 0.25) is 0 Å². The third kappa shape index (κ3) is 4.63. The van der Waals surface area contributed by atoms with Gasteiger partial charge in [0, 0.05) is 12.1 Å². The minimum absolute atomic E-state index is 0.143. The average molecular weight is 409 g/mol. The Morgan fingerprint density at radius 1 is 1.10 bits per heavy atom. The van der Waals surface area contributed by atoms with E-state index in [0.29, 0.717) is 36.2 Å². The normalized spacial score (nSPS) is 15.7. The zero-order chi connectivity index (χ0) is 20.9. The van der Waals surface area contributed by atoms with Gasteiger partial charge in [-0.2, -0.15) is 4.98 Å². The van der Waals surface area contributed by atoms with Gasteiger partial charge < -0.3 is 24.4 Å². The Bertz CT molecular complexity index is 960. The van der Waals surface area contributed by atoms with Crippen molar-refractivity contribution in [2.75, 3.05) is 13.3 Å². The van der Waals surface area contributed by atoms with Crippen molar-refractivity contribution in [3.05, 3.63) is 60.0 Å². The number of aromatic nitrogens is 2. The molecule has 1 aliphatic rings. The van der Waals surface area contributed by atoms with Gasteiger partial charge in [0.05, 0.1) is 12.1 Å². The molecule has 3 aromatic rings. The van der Waals surface area contributed by atoms with Crippen molar-refractivity contribution in [3.8, 4) is 22.9 Å². The van der Waals surface area contributed by atoms with Crippen molar-refractivity contribution in [1.29, 1.82) is 0 Å². The largest absolute Gasteiger partial charge is 0.454 e. The van der Waals surface area contributed by atoms with Crippen molar-refractivity contribution in [1.82, 2.24) is 15.5 Å². The molecule has 0 radical (unpaired) electrons. The molecule has 0 saturated heterocycles. The summed E-state index contributed by atoms with van der Waals surface area (Å²) in [5.41, 5.74) is 1.91. The molecule has 0 aliphatic carbocycles. The van der Waals surface area contributed by atoms with Crippen molar-refractivity contribution in [2.45, 2.75) is 38.8 Å². The highest BCUT2D eigenvalue weighted by molar-refractivity contribution is 5.61. The molecule has 158 valence electrons. The molecule has 3 atom stereocenters. The van der Waals surface area contributed by atoms with E-state index in [4.69, 9.17) is 14.0 Å². The molecule has 4 rings (SSSR count). The molecule has 0 spiro atoms. The Morgan fingerprint density at radius 3 is 2.70 bits per heavy atom. The number of ether oxygens (including phenoxy) is 2. The van der Waals surface area contributed by atoms with E-state index in [2.05, 4.69) is 29.3 Å². The monoisotopic (exact) mass is 409 g/mol. The van der Waals surface area contributed by atoms with Crippen molar-refractivity contribution >= 4 is 0 Å². The molecule has 3 unspecified atom stereocenters. The van der Waals surface area contributed by atoms with E-state index in [9.17, 15) is 5.11 Å². The first kappa shape index (κ1) is 20.4. The molecular formula is C23H27N3O4. The highest BCUT2D eigenvalue weighted by Gasteiger charge is 2.25. The van der Waals surface area contributed by atoms with Crippen molar-refractivity contribution in [3.63, 3.8) is 0 Å². The van der Waals surface area contributed by atoms with E-state index in [-0.39, 0.29) is 18.8 Å². The van der Waals surface area contributed by atoms with E-state index in [1.54, 1.807) is 0 Å². The summed E-state index contributed by atoms with van der Waals surface area (Å²) >= 11 is 0. The molecule has 0 saturated carbocycles. The van der Waals surface area contributed by atoms with Crippen LogP contribution in [0, 0.1) is 5.92 Å². The van der Waals surface area contributed by atoms with Crippen LogP contribution in [-0.4, -0.2) is 34.7 Å². The fourth-order valence-corrected chi connectivity index (χ4v) is 3.50. The average Bonchev–Trinajstić information content (AvgIpc) is 3.43. The van der Waals surface area contributed by atoms with Gasteiger partial charge in [0.15, 0.2) is 11.5 Å². The summed E-state index contributed by atoms with van der Waals surface area (Å²) in [4.78, 5) is 4.62. The summed E-state index contributed by atoms with van der Waals surface area (Å²) in [6.07, 6.45) is 1.02. The number of aliphatic hydroxyl groups excluding tert-OH is 1. The first-order chi connectivity index (χ1) is 14.6. The van der Waals surface area contributed by atoms with Gasteiger partial charge in [0.1, 0.15) is 0 Å². The molecule has 2 aromatic carbocycles. The van der Waals surface area contributed by atoms with Gasteiger partial charge in [0.25, 0.3) is 0 Å². The minimum Gasteiger partial charge on any atom is -0.454 e. The third-order valence-corrected chi connectivity index (χ3v) is 5.44. The second-order valence-corrected chi connectivity index (χ2v) is 7.64. The lowest BCUT2D eigenvalue weighted by Gasteiger charge is -2.22. The van der Waals surface area contributed by atoms with E-state index in [0.717, 1.165) is 17.5 Å². The maximum absolute atomic E-state index is 10.5. The summed E-state index contributed by atoms with van der Waals surface area (Å²) in [6.45, 7) is 4.91. The number of hydrogen-bond acceptors (Lipinski definition) is 7. The lowest BCUT2D eigenvalue weighted by Crippen LogP contribution is -2.34. The van der Waals surface area contributed by atoms with Gasteiger partial charge in [-0.1, -0.05) is 55.8 Å². The fourth-order valence-electron chi connectivity index (χ4n) is 3.50. The van der Waals surface area contributed by atoms with Crippen LogP contribution in [0.1, 0.15) is 37.8 Å². The third-order valence-electron chi connectivity index (χ3n) is 5.44. The molecule has 1 aromatic heterocycles. The summed E-state index contributed by atoms with van der Waals surface area (Å²) in [6, 6.07) is 15.4. The summed E-state index contributed by atoms with van der Waals surface area (Å²) in [5.74, 6) is 2.68. The van der Waals surface area contributed by atoms with Gasteiger partial charge in [-0.05, 0) is 36.1 Å². The predicted molar refractivity (Wildman–Crippen MR) is 112 cm³/mol. The highest BCUT2D eigenvalue weighted by atomic mass is 16.7.